The molecule has 20 heavy (non-hydrogen) atoms. The SMILES string of the molecule is CN1CCC(CNC(=O)C2CNCc3ccccc32)C1. The van der Waals surface area contributed by atoms with Gasteiger partial charge in [-0.05, 0) is 37.1 Å². The number of likely N-dealkylation sites (tertiary alicyclic amines) is 1. The number of rotatable bonds is 3. The Kier molecular flexibility index (Phi) is 4.03. The summed E-state index contributed by atoms with van der Waals surface area (Å²) in [5, 5.41) is 6.49. The van der Waals surface area contributed by atoms with Gasteiger partial charge in [0.1, 0.15) is 0 Å². The molecule has 1 saturated heterocycles. The number of nitrogens with zero attached hydrogens (tertiary/aromatic N) is 1. The first-order valence-electron chi connectivity index (χ1n) is 7.49. The molecule has 2 aliphatic rings. The third-order valence-electron chi connectivity index (χ3n) is 4.46. The van der Waals surface area contributed by atoms with Crippen LogP contribution in [-0.2, 0) is 11.3 Å². The number of hydrogen-bond acceptors (Lipinski definition) is 3. The summed E-state index contributed by atoms with van der Waals surface area (Å²) in [5.41, 5.74) is 2.44. The largest absolute Gasteiger partial charge is 0.355 e. The Bertz CT molecular complexity index is 488. The quantitative estimate of drug-likeness (QED) is 0.861. The number of carbonyl (C=O) groups excluding carboxylic acids is 1. The Morgan fingerprint density at radius 3 is 3.10 bits per heavy atom. The topological polar surface area (TPSA) is 44.4 Å². The van der Waals surface area contributed by atoms with Crippen LogP contribution in [0.2, 0.25) is 0 Å². The number of hydrogen-bond donors (Lipinski definition) is 2. The Morgan fingerprint density at radius 2 is 2.30 bits per heavy atom. The summed E-state index contributed by atoms with van der Waals surface area (Å²) < 4.78 is 0. The summed E-state index contributed by atoms with van der Waals surface area (Å²) in [6.07, 6.45) is 1.19. The maximum absolute atomic E-state index is 12.4. The van der Waals surface area contributed by atoms with Gasteiger partial charge in [-0.1, -0.05) is 24.3 Å². The zero-order chi connectivity index (χ0) is 13.9. The van der Waals surface area contributed by atoms with Crippen LogP contribution in [-0.4, -0.2) is 44.0 Å². The van der Waals surface area contributed by atoms with Crippen LogP contribution in [0, 0.1) is 5.92 Å². The predicted molar refractivity (Wildman–Crippen MR) is 79.5 cm³/mol. The first-order valence-corrected chi connectivity index (χ1v) is 7.49. The Hall–Kier alpha value is -1.39. The zero-order valence-corrected chi connectivity index (χ0v) is 12.1. The second-order valence-corrected chi connectivity index (χ2v) is 6.04. The van der Waals surface area contributed by atoms with Gasteiger partial charge in [-0.15, -0.1) is 0 Å². The molecule has 0 bridgehead atoms. The molecule has 1 amide bonds. The fraction of sp³-hybridized carbons (Fsp3) is 0.562. The van der Waals surface area contributed by atoms with Gasteiger partial charge in [0, 0.05) is 26.2 Å². The van der Waals surface area contributed by atoms with Crippen molar-refractivity contribution in [2.45, 2.75) is 18.9 Å². The number of amides is 1. The van der Waals surface area contributed by atoms with E-state index in [9.17, 15) is 4.79 Å². The monoisotopic (exact) mass is 273 g/mol. The Morgan fingerprint density at radius 1 is 1.45 bits per heavy atom. The molecule has 0 aliphatic carbocycles. The maximum Gasteiger partial charge on any atom is 0.228 e. The van der Waals surface area contributed by atoms with Crippen molar-refractivity contribution < 1.29 is 4.79 Å². The standard InChI is InChI=1S/C16H23N3O/c1-19-7-6-12(11-19)8-18-16(20)15-10-17-9-13-4-2-3-5-14(13)15/h2-5,12,15,17H,6-11H2,1H3,(H,18,20). The summed E-state index contributed by atoms with van der Waals surface area (Å²) >= 11 is 0. The van der Waals surface area contributed by atoms with Gasteiger partial charge < -0.3 is 15.5 Å². The molecular weight excluding hydrogens is 250 g/mol. The third kappa shape index (κ3) is 2.86. The summed E-state index contributed by atoms with van der Waals surface area (Å²) in [4.78, 5) is 14.8. The highest BCUT2D eigenvalue weighted by Crippen LogP contribution is 2.24. The highest BCUT2D eigenvalue weighted by Gasteiger charge is 2.27. The molecule has 0 aromatic heterocycles. The van der Waals surface area contributed by atoms with Crippen molar-refractivity contribution in [1.82, 2.24) is 15.5 Å². The number of nitrogens with one attached hydrogen (secondary N) is 2. The minimum absolute atomic E-state index is 0.0425. The van der Waals surface area contributed by atoms with Crippen molar-refractivity contribution in [2.75, 3.05) is 33.2 Å². The number of benzene rings is 1. The van der Waals surface area contributed by atoms with Crippen LogP contribution in [0.15, 0.2) is 24.3 Å². The molecule has 1 aromatic carbocycles. The lowest BCUT2D eigenvalue weighted by atomic mass is 9.90. The molecule has 4 heteroatoms. The van der Waals surface area contributed by atoms with Gasteiger partial charge in [0.25, 0.3) is 0 Å². The molecule has 3 rings (SSSR count). The fourth-order valence-electron chi connectivity index (χ4n) is 3.29. The number of fused-ring (bicyclic) bond motifs is 1. The molecular formula is C16H23N3O. The van der Waals surface area contributed by atoms with E-state index in [-0.39, 0.29) is 11.8 Å². The van der Waals surface area contributed by atoms with Gasteiger partial charge in [0.15, 0.2) is 0 Å². The predicted octanol–water partition coefficient (Wildman–Crippen LogP) is 0.941. The van der Waals surface area contributed by atoms with Crippen LogP contribution >= 0.6 is 0 Å². The zero-order valence-electron chi connectivity index (χ0n) is 12.1. The van der Waals surface area contributed by atoms with Crippen LogP contribution in [0.1, 0.15) is 23.5 Å². The minimum Gasteiger partial charge on any atom is -0.355 e. The molecule has 2 atom stereocenters. The second-order valence-electron chi connectivity index (χ2n) is 6.04. The van der Waals surface area contributed by atoms with Crippen molar-refractivity contribution in [2.24, 2.45) is 5.92 Å². The van der Waals surface area contributed by atoms with E-state index >= 15 is 0 Å². The Balaban J connectivity index is 1.60. The average molecular weight is 273 g/mol. The van der Waals surface area contributed by atoms with Crippen molar-refractivity contribution in [3.8, 4) is 0 Å². The lowest BCUT2D eigenvalue weighted by molar-refractivity contribution is -0.122. The highest BCUT2D eigenvalue weighted by molar-refractivity contribution is 5.84. The first kappa shape index (κ1) is 13.6. The van der Waals surface area contributed by atoms with Crippen LogP contribution in [0.25, 0.3) is 0 Å². The van der Waals surface area contributed by atoms with Crippen LogP contribution in [0.5, 0.6) is 0 Å². The van der Waals surface area contributed by atoms with E-state index in [1.807, 2.05) is 12.1 Å². The summed E-state index contributed by atoms with van der Waals surface area (Å²) in [5.74, 6) is 0.731. The molecule has 2 aliphatic heterocycles. The van der Waals surface area contributed by atoms with E-state index in [0.29, 0.717) is 5.92 Å². The van der Waals surface area contributed by atoms with E-state index < -0.39 is 0 Å². The van der Waals surface area contributed by atoms with Gasteiger partial charge >= 0.3 is 0 Å². The molecule has 0 spiro atoms. The van der Waals surface area contributed by atoms with Gasteiger partial charge in [-0.25, -0.2) is 0 Å². The van der Waals surface area contributed by atoms with Gasteiger partial charge in [0.2, 0.25) is 5.91 Å². The van der Waals surface area contributed by atoms with Crippen molar-refractivity contribution in [1.29, 1.82) is 0 Å². The third-order valence-corrected chi connectivity index (χ3v) is 4.46. The van der Waals surface area contributed by atoms with Gasteiger partial charge in [0.05, 0.1) is 5.92 Å². The normalized spacial score (nSPS) is 26.2. The summed E-state index contributed by atoms with van der Waals surface area (Å²) in [6, 6.07) is 8.25. The molecule has 108 valence electrons. The van der Waals surface area contributed by atoms with E-state index in [1.165, 1.54) is 17.5 Å². The molecule has 0 saturated carbocycles. The Labute approximate surface area is 120 Å². The van der Waals surface area contributed by atoms with E-state index in [2.05, 4.69) is 34.7 Å². The number of carbonyl (C=O) groups is 1. The average Bonchev–Trinajstić information content (AvgIpc) is 2.90. The lowest BCUT2D eigenvalue weighted by Gasteiger charge is -2.26. The minimum atomic E-state index is -0.0425. The summed E-state index contributed by atoms with van der Waals surface area (Å²) in [7, 11) is 2.14. The van der Waals surface area contributed by atoms with E-state index in [1.54, 1.807) is 0 Å². The molecule has 2 unspecified atom stereocenters. The van der Waals surface area contributed by atoms with Gasteiger partial charge in [-0.2, -0.15) is 0 Å². The van der Waals surface area contributed by atoms with Crippen LogP contribution < -0.4 is 10.6 Å². The molecule has 1 aromatic rings. The maximum atomic E-state index is 12.4. The molecule has 2 N–H and O–H groups in total. The lowest BCUT2D eigenvalue weighted by Crippen LogP contribution is -2.40. The summed E-state index contributed by atoms with van der Waals surface area (Å²) in [6.45, 7) is 4.66. The highest BCUT2D eigenvalue weighted by atomic mass is 16.1. The van der Waals surface area contributed by atoms with E-state index in [0.717, 1.165) is 32.7 Å². The fourth-order valence-corrected chi connectivity index (χ4v) is 3.29. The van der Waals surface area contributed by atoms with Crippen molar-refractivity contribution in [3.63, 3.8) is 0 Å². The van der Waals surface area contributed by atoms with Crippen LogP contribution in [0.3, 0.4) is 0 Å². The molecule has 1 fully saturated rings. The smallest absolute Gasteiger partial charge is 0.228 e. The van der Waals surface area contributed by atoms with E-state index in [4.69, 9.17) is 0 Å². The first-order chi connectivity index (χ1) is 9.74. The van der Waals surface area contributed by atoms with Crippen molar-refractivity contribution >= 4 is 5.91 Å². The molecule has 0 radical (unpaired) electrons. The molecule has 2 heterocycles. The second kappa shape index (κ2) is 5.94. The van der Waals surface area contributed by atoms with Gasteiger partial charge in [-0.3, -0.25) is 4.79 Å². The van der Waals surface area contributed by atoms with Crippen molar-refractivity contribution in [3.05, 3.63) is 35.4 Å². The molecule has 4 nitrogen and oxygen atoms in total. The van der Waals surface area contributed by atoms with Crippen LogP contribution in [0.4, 0.5) is 0 Å².